The third kappa shape index (κ3) is 3.83. The summed E-state index contributed by atoms with van der Waals surface area (Å²) < 4.78 is 38.6. The summed E-state index contributed by atoms with van der Waals surface area (Å²) in [6.45, 7) is 1.24. The Labute approximate surface area is 153 Å². The van der Waals surface area contributed by atoms with Crippen LogP contribution in [0.4, 0.5) is 23.7 Å². The summed E-state index contributed by atoms with van der Waals surface area (Å²) in [5.41, 5.74) is -0.275. The molecule has 1 aromatic carbocycles. The molecule has 2 saturated heterocycles. The van der Waals surface area contributed by atoms with E-state index < -0.39 is 29.6 Å². The first-order chi connectivity index (χ1) is 12.7. The molecule has 2 aliphatic heterocycles. The van der Waals surface area contributed by atoms with Gasteiger partial charge in [0.25, 0.3) is 0 Å². The molecule has 0 aromatic heterocycles. The fourth-order valence-electron chi connectivity index (χ4n) is 3.21. The van der Waals surface area contributed by atoms with Gasteiger partial charge in [-0.2, -0.15) is 13.2 Å². The van der Waals surface area contributed by atoms with Crippen molar-refractivity contribution in [3.63, 3.8) is 0 Å². The van der Waals surface area contributed by atoms with Crippen molar-refractivity contribution in [2.75, 3.05) is 44.7 Å². The van der Waals surface area contributed by atoms with Gasteiger partial charge in [0.2, 0.25) is 11.8 Å². The van der Waals surface area contributed by atoms with Crippen LogP contribution in [0, 0.1) is 5.92 Å². The molecule has 2 heterocycles. The Morgan fingerprint density at radius 2 is 1.81 bits per heavy atom. The first-order valence-corrected chi connectivity index (χ1v) is 8.45. The van der Waals surface area contributed by atoms with Crippen molar-refractivity contribution in [3.8, 4) is 0 Å². The van der Waals surface area contributed by atoms with Crippen LogP contribution < -0.4 is 10.2 Å². The number of benzene rings is 1. The van der Waals surface area contributed by atoms with Crippen LogP contribution in [-0.4, -0.2) is 67.4 Å². The van der Waals surface area contributed by atoms with E-state index in [9.17, 15) is 27.6 Å². The van der Waals surface area contributed by atoms with Crippen LogP contribution in [0.1, 0.15) is 5.56 Å². The van der Waals surface area contributed by atoms with E-state index in [0.29, 0.717) is 18.8 Å². The molecule has 0 bridgehead atoms. The standard InChI is InChI=1S/C17H19F3N4O3/c1-22-14(25)13(10-21-16(22)27)15(26)24-7-5-23(6-8-24)12-4-2-3-11(9-12)17(18,19)20/h2-4,9,13H,5-8,10H2,1H3,(H,21,27). The molecule has 1 atom stereocenters. The Balaban J connectivity index is 1.63. The third-order valence-corrected chi connectivity index (χ3v) is 4.82. The molecular formula is C17H19F3N4O3. The fraction of sp³-hybridized carbons (Fsp3) is 0.471. The molecule has 4 amide bonds. The molecule has 0 aliphatic carbocycles. The number of hydrogen-bond donors (Lipinski definition) is 1. The maximum atomic E-state index is 12.9. The molecule has 2 fully saturated rings. The highest BCUT2D eigenvalue weighted by Crippen LogP contribution is 2.32. The Morgan fingerprint density at radius 1 is 1.15 bits per heavy atom. The van der Waals surface area contributed by atoms with Gasteiger partial charge in [0, 0.05) is 45.5 Å². The lowest BCUT2D eigenvalue weighted by molar-refractivity contribution is -0.146. The highest BCUT2D eigenvalue weighted by molar-refractivity contribution is 6.08. The van der Waals surface area contributed by atoms with E-state index in [0.717, 1.165) is 17.0 Å². The predicted octanol–water partition coefficient (Wildman–Crippen LogP) is 1.15. The molecule has 1 unspecified atom stereocenters. The fourth-order valence-corrected chi connectivity index (χ4v) is 3.21. The number of piperazine rings is 1. The van der Waals surface area contributed by atoms with Crippen LogP contribution in [0.3, 0.4) is 0 Å². The molecule has 2 aliphatic rings. The quantitative estimate of drug-likeness (QED) is 0.777. The first kappa shape index (κ1) is 19.0. The van der Waals surface area contributed by atoms with Crippen LogP contribution in [0.5, 0.6) is 0 Å². The number of carbonyl (C=O) groups excluding carboxylic acids is 3. The minimum absolute atomic E-state index is 0.0469. The number of urea groups is 1. The topological polar surface area (TPSA) is 73.0 Å². The molecule has 27 heavy (non-hydrogen) atoms. The number of nitrogens with zero attached hydrogens (tertiary/aromatic N) is 3. The molecule has 7 nitrogen and oxygen atoms in total. The molecular weight excluding hydrogens is 365 g/mol. The zero-order valence-electron chi connectivity index (χ0n) is 14.6. The minimum atomic E-state index is -4.41. The van der Waals surface area contributed by atoms with Crippen molar-refractivity contribution >= 4 is 23.5 Å². The van der Waals surface area contributed by atoms with Crippen LogP contribution in [0.25, 0.3) is 0 Å². The van der Waals surface area contributed by atoms with E-state index in [4.69, 9.17) is 0 Å². The lowest BCUT2D eigenvalue weighted by Crippen LogP contribution is -2.59. The van der Waals surface area contributed by atoms with Gasteiger partial charge in [-0.05, 0) is 18.2 Å². The number of anilines is 1. The summed E-state index contributed by atoms with van der Waals surface area (Å²) >= 11 is 0. The molecule has 1 N–H and O–H groups in total. The number of alkyl halides is 3. The predicted molar refractivity (Wildman–Crippen MR) is 89.9 cm³/mol. The zero-order chi connectivity index (χ0) is 19.8. The van der Waals surface area contributed by atoms with E-state index in [-0.39, 0.29) is 25.5 Å². The summed E-state index contributed by atoms with van der Waals surface area (Å²) in [6, 6.07) is 4.52. The number of halogens is 3. The van der Waals surface area contributed by atoms with Gasteiger partial charge < -0.3 is 15.1 Å². The second kappa shape index (κ2) is 7.09. The largest absolute Gasteiger partial charge is 0.416 e. The van der Waals surface area contributed by atoms with Gasteiger partial charge >= 0.3 is 12.2 Å². The van der Waals surface area contributed by atoms with Gasteiger partial charge in [-0.15, -0.1) is 0 Å². The average molecular weight is 384 g/mol. The average Bonchev–Trinajstić information content (AvgIpc) is 2.65. The lowest BCUT2D eigenvalue weighted by atomic mass is 10.0. The maximum absolute atomic E-state index is 12.9. The van der Waals surface area contributed by atoms with Gasteiger partial charge in [0.15, 0.2) is 0 Å². The van der Waals surface area contributed by atoms with Crippen LogP contribution in [-0.2, 0) is 15.8 Å². The highest BCUT2D eigenvalue weighted by Gasteiger charge is 2.39. The van der Waals surface area contributed by atoms with E-state index in [2.05, 4.69) is 5.32 Å². The van der Waals surface area contributed by atoms with Crippen LogP contribution in [0.2, 0.25) is 0 Å². The van der Waals surface area contributed by atoms with Crippen molar-refractivity contribution in [3.05, 3.63) is 29.8 Å². The van der Waals surface area contributed by atoms with Gasteiger partial charge in [0.05, 0.1) is 5.56 Å². The normalized spacial score (nSPS) is 21.3. The smallest absolute Gasteiger partial charge is 0.368 e. The van der Waals surface area contributed by atoms with Crippen molar-refractivity contribution in [2.45, 2.75) is 6.18 Å². The SMILES string of the molecule is CN1C(=O)NCC(C(=O)N2CCN(c3cccc(C(F)(F)F)c3)CC2)C1=O. The van der Waals surface area contributed by atoms with Crippen molar-refractivity contribution in [2.24, 2.45) is 5.92 Å². The lowest BCUT2D eigenvalue weighted by Gasteiger charge is -2.38. The molecule has 1 aromatic rings. The van der Waals surface area contributed by atoms with Gasteiger partial charge in [0.1, 0.15) is 5.92 Å². The van der Waals surface area contributed by atoms with Crippen molar-refractivity contribution in [1.82, 2.24) is 15.1 Å². The Morgan fingerprint density at radius 3 is 2.44 bits per heavy atom. The molecule has 10 heteroatoms. The second-order valence-electron chi connectivity index (χ2n) is 6.50. The van der Waals surface area contributed by atoms with E-state index in [1.165, 1.54) is 18.0 Å². The minimum Gasteiger partial charge on any atom is -0.368 e. The summed E-state index contributed by atoms with van der Waals surface area (Å²) in [7, 11) is 1.31. The molecule has 146 valence electrons. The van der Waals surface area contributed by atoms with E-state index in [1.807, 2.05) is 0 Å². The summed E-state index contributed by atoms with van der Waals surface area (Å²) in [5, 5.41) is 2.49. The van der Waals surface area contributed by atoms with Gasteiger partial charge in [-0.25, -0.2) is 4.79 Å². The molecule has 0 radical (unpaired) electrons. The van der Waals surface area contributed by atoms with Crippen LogP contribution >= 0.6 is 0 Å². The Kier molecular flexibility index (Phi) is 4.99. The number of imide groups is 1. The second-order valence-corrected chi connectivity index (χ2v) is 6.50. The Hall–Kier alpha value is -2.78. The van der Waals surface area contributed by atoms with E-state index >= 15 is 0 Å². The Bertz CT molecular complexity index is 760. The number of nitrogens with one attached hydrogen (secondary N) is 1. The maximum Gasteiger partial charge on any atom is 0.416 e. The molecule has 0 saturated carbocycles. The number of carbonyl (C=O) groups is 3. The summed E-state index contributed by atoms with van der Waals surface area (Å²) in [5.74, 6) is -1.90. The zero-order valence-corrected chi connectivity index (χ0v) is 14.6. The molecule has 3 rings (SSSR count). The third-order valence-electron chi connectivity index (χ3n) is 4.82. The van der Waals surface area contributed by atoms with E-state index in [1.54, 1.807) is 11.0 Å². The monoisotopic (exact) mass is 384 g/mol. The van der Waals surface area contributed by atoms with Gasteiger partial charge in [-0.1, -0.05) is 6.07 Å². The number of amides is 4. The number of rotatable bonds is 2. The van der Waals surface area contributed by atoms with Crippen molar-refractivity contribution < 1.29 is 27.6 Å². The van der Waals surface area contributed by atoms with Crippen LogP contribution in [0.15, 0.2) is 24.3 Å². The summed E-state index contributed by atoms with van der Waals surface area (Å²) in [6.07, 6.45) is -4.41. The molecule has 0 spiro atoms. The number of hydrogen-bond acceptors (Lipinski definition) is 4. The highest BCUT2D eigenvalue weighted by atomic mass is 19.4. The van der Waals surface area contributed by atoms with Gasteiger partial charge in [-0.3, -0.25) is 14.5 Å². The summed E-state index contributed by atoms with van der Waals surface area (Å²) in [4.78, 5) is 40.3. The van der Waals surface area contributed by atoms with Crippen molar-refractivity contribution in [1.29, 1.82) is 0 Å². The first-order valence-electron chi connectivity index (χ1n) is 8.45.